The van der Waals surface area contributed by atoms with Crippen LogP contribution in [0.5, 0.6) is 0 Å². The zero-order chi connectivity index (χ0) is 13.9. The maximum atomic E-state index is 5.73. The molecule has 0 saturated carbocycles. The van der Waals surface area contributed by atoms with Gasteiger partial charge in [0.1, 0.15) is 0 Å². The lowest BCUT2D eigenvalue weighted by molar-refractivity contribution is 0.556. The Labute approximate surface area is 122 Å². The maximum absolute atomic E-state index is 5.73. The molecule has 0 radical (unpaired) electrons. The molecular formula is C16H17N3S. The van der Waals surface area contributed by atoms with Gasteiger partial charge in [0.2, 0.25) is 0 Å². The zero-order valence-corrected chi connectivity index (χ0v) is 12.2. The Morgan fingerprint density at radius 1 is 1.25 bits per heavy atom. The average molecular weight is 283 g/mol. The van der Waals surface area contributed by atoms with Crippen molar-refractivity contribution < 1.29 is 0 Å². The molecule has 1 unspecified atom stereocenters. The van der Waals surface area contributed by atoms with Crippen molar-refractivity contribution >= 4 is 22.2 Å². The van der Waals surface area contributed by atoms with Crippen molar-refractivity contribution in [2.75, 3.05) is 0 Å². The number of nitrogens with zero attached hydrogens (tertiary/aromatic N) is 1. The summed E-state index contributed by atoms with van der Waals surface area (Å²) in [5.74, 6) is 5.73. The molecule has 0 aliphatic rings. The second-order valence-electron chi connectivity index (χ2n) is 4.91. The molecule has 0 aliphatic heterocycles. The van der Waals surface area contributed by atoms with E-state index in [0.29, 0.717) is 0 Å². The molecular weight excluding hydrogens is 266 g/mol. The fourth-order valence-electron chi connectivity index (χ4n) is 2.37. The lowest BCUT2D eigenvalue weighted by Gasteiger charge is -2.16. The van der Waals surface area contributed by atoms with E-state index in [1.807, 2.05) is 13.0 Å². The van der Waals surface area contributed by atoms with Crippen LogP contribution in [0.25, 0.3) is 10.9 Å². The number of pyridine rings is 1. The van der Waals surface area contributed by atoms with Crippen molar-refractivity contribution in [2.24, 2.45) is 5.84 Å². The third-order valence-electron chi connectivity index (χ3n) is 3.44. The van der Waals surface area contributed by atoms with E-state index in [0.717, 1.165) is 23.0 Å². The molecule has 102 valence electrons. The highest BCUT2D eigenvalue weighted by Gasteiger charge is 2.12. The van der Waals surface area contributed by atoms with E-state index in [2.05, 4.69) is 52.2 Å². The van der Waals surface area contributed by atoms with E-state index in [-0.39, 0.29) is 6.04 Å². The monoisotopic (exact) mass is 283 g/mol. The normalized spacial score (nSPS) is 12.7. The lowest BCUT2D eigenvalue weighted by atomic mass is 10.0. The van der Waals surface area contributed by atoms with Crippen LogP contribution in [0, 0.1) is 6.92 Å². The lowest BCUT2D eigenvalue weighted by Crippen LogP contribution is -2.29. The fourth-order valence-corrected chi connectivity index (χ4v) is 3.12. The molecule has 0 bridgehead atoms. The largest absolute Gasteiger partial charge is 0.271 e. The van der Waals surface area contributed by atoms with Crippen LogP contribution in [0.1, 0.15) is 22.2 Å². The van der Waals surface area contributed by atoms with Gasteiger partial charge in [0.15, 0.2) is 0 Å². The van der Waals surface area contributed by atoms with Gasteiger partial charge in [0, 0.05) is 22.4 Å². The fraction of sp³-hybridized carbons (Fsp3) is 0.188. The molecule has 1 aromatic carbocycles. The molecule has 4 heteroatoms. The highest BCUT2D eigenvalue weighted by molar-refractivity contribution is 7.09. The van der Waals surface area contributed by atoms with Crippen LogP contribution in [0.3, 0.4) is 0 Å². The molecule has 20 heavy (non-hydrogen) atoms. The SMILES string of the molecule is Cc1ccc2cc(C(Cc3cccs3)NN)ccc2n1. The number of nitrogens with two attached hydrogens (primary N) is 1. The Balaban J connectivity index is 1.93. The Morgan fingerprint density at radius 2 is 2.15 bits per heavy atom. The van der Waals surface area contributed by atoms with Gasteiger partial charge in [-0.15, -0.1) is 11.3 Å². The van der Waals surface area contributed by atoms with Crippen LogP contribution in [-0.4, -0.2) is 4.98 Å². The molecule has 0 fully saturated rings. The topological polar surface area (TPSA) is 50.9 Å². The van der Waals surface area contributed by atoms with Crippen LogP contribution in [0.2, 0.25) is 0 Å². The van der Waals surface area contributed by atoms with Crippen LogP contribution in [0.4, 0.5) is 0 Å². The van der Waals surface area contributed by atoms with Gasteiger partial charge in [0.25, 0.3) is 0 Å². The van der Waals surface area contributed by atoms with Gasteiger partial charge in [-0.2, -0.15) is 0 Å². The second kappa shape index (κ2) is 5.71. The van der Waals surface area contributed by atoms with Gasteiger partial charge < -0.3 is 0 Å². The van der Waals surface area contributed by atoms with Gasteiger partial charge in [-0.3, -0.25) is 16.3 Å². The van der Waals surface area contributed by atoms with Crippen LogP contribution in [0.15, 0.2) is 47.8 Å². The van der Waals surface area contributed by atoms with Crippen molar-refractivity contribution in [1.29, 1.82) is 0 Å². The minimum atomic E-state index is 0.124. The third-order valence-corrected chi connectivity index (χ3v) is 4.34. The maximum Gasteiger partial charge on any atom is 0.0705 e. The predicted octanol–water partition coefficient (Wildman–Crippen LogP) is 3.35. The first-order valence-corrected chi connectivity index (χ1v) is 7.50. The summed E-state index contributed by atoms with van der Waals surface area (Å²) < 4.78 is 0. The standard InChI is InChI=1S/C16H17N3S/c1-11-4-5-12-9-13(6-7-15(12)18-11)16(19-17)10-14-3-2-8-20-14/h2-9,16,19H,10,17H2,1H3. The number of hydrazine groups is 1. The van der Waals surface area contributed by atoms with Crippen molar-refractivity contribution in [3.8, 4) is 0 Å². The number of rotatable bonds is 4. The molecule has 0 spiro atoms. The first-order chi connectivity index (χ1) is 9.76. The van der Waals surface area contributed by atoms with Crippen LogP contribution in [-0.2, 0) is 6.42 Å². The minimum absolute atomic E-state index is 0.124. The smallest absolute Gasteiger partial charge is 0.0705 e. The van der Waals surface area contributed by atoms with Gasteiger partial charge in [0.05, 0.1) is 11.6 Å². The Bertz CT molecular complexity index is 707. The molecule has 2 heterocycles. The summed E-state index contributed by atoms with van der Waals surface area (Å²) in [5.41, 5.74) is 6.18. The van der Waals surface area contributed by atoms with Crippen molar-refractivity contribution in [2.45, 2.75) is 19.4 Å². The molecule has 3 nitrogen and oxygen atoms in total. The number of benzene rings is 1. The van der Waals surface area contributed by atoms with E-state index in [1.165, 1.54) is 10.4 Å². The molecule has 3 rings (SSSR count). The number of hydrogen-bond acceptors (Lipinski definition) is 4. The third kappa shape index (κ3) is 2.72. The van der Waals surface area contributed by atoms with E-state index in [1.54, 1.807) is 11.3 Å². The summed E-state index contributed by atoms with van der Waals surface area (Å²) in [6.07, 6.45) is 0.902. The quantitative estimate of drug-likeness (QED) is 0.570. The molecule has 3 N–H and O–H groups in total. The Hall–Kier alpha value is -1.75. The molecule has 0 saturated heterocycles. The van der Waals surface area contributed by atoms with E-state index in [4.69, 9.17) is 5.84 Å². The summed E-state index contributed by atoms with van der Waals surface area (Å²) in [4.78, 5) is 5.86. The number of hydrogen-bond donors (Lipinski definition) is 2. The van der Waals surface area contributed by atoms with Crippen LogP contribution < -0.4 is 11.3 Å². The second-order valence-corrected chi connectivity index (χ2v) is 5.94. The summed E-state index contributed by atoms with van der Waals surface area (Å²) in [6.45, 7) is 2.01. The number of fused-ring (bicyclic) bond motifs is 1. The van der Waals surface area contributed by atoms with Crippen LogP contribution >= 0.6 is 11.3 Å². The Kier molecular flexibility index (Phi) is 3.78. The minimum Gasteiger partial charge on any atom is -0.271 e. The van der Waals surface area contributed by atoms with Crippen molar-refractivity contribution in [3.63, 3.8) is 0 Å². The summed E-state index contributed by atoms with van der Waals surface area (Å²) in [6, 6.07) is 14.8. The van der Waals surface area contributed by atoms with Gasteiger partial charge in [-0.05, 0) is 42.1 Å². The molecule has 0 amide bonds. The summed E-state index contributed by atoms with van der Waals surface area (Å²) in [7, 11) is 0. The predicted molar refractivity (Wildman–Crippen MR) is 84.6 cm³/mol. The average Bonchev–Trinajstić information content (AvgIpc) is 2.97. The van der Waals surface area contributed by atoms with E-state index < -0.39 is 0 Å². The van der Waals surface area contributed by atoms with Gasteiger partial charge in [-0.25, -0.2) is 0 Å². The zero-order valence-electron chi connectivity index (χ0n) is 11.3. The van der Waals surface area contributed by atoms with E-state index in [9.17, 15) is 0 Å². The van der Waals surface area contributed by atoms with Gasteiger partial charge in [-0.1, -0.05) is 18.2 Å². The van der Waals surface area contributed by atoms with Crippen molar-refractivity contribution in [3.05, 3.63) is 64.0 Å². The molecule has 2 aromatic heterocycles. The first kappa shape index (κ1) is 13.2. The number of aryl methyl sites for hydroxylation is 1. The highest BCUT2D eigenvalue weighted by Crippen LogP contribution is 2.23. The molecule has 0 aliphatic carbocycles. The number of thiophene rings is 1. The number of nitrogens with one attached hydrogen (secondary N) is 1. The summed E-state index contributed by atoms with van der Waals surface area (Å²) >= 11 is 1.76. The van der Waals surface area contributed by atoms with E-state index >= 15 is 0 Å². The molecule has 3 aromatic rings. The first-order valence-electron chi connectivity index (χ1n) is 6.62. The van der Waals surface area contributed by atoms with Gasteiger partial charge >= 0.3 is 0 Å². The van der Waals surface area contributed by atoms with Crippen molar-refractivity contribution in [1.82, 2.24) is 10.4 Å². The number of aromatic nitrogens is 1. The Morgan fingerprint density at radius 3 is 2.90 bits per heavy atom. The molecule has 1 atom stereocenters. The summed E-state index contributed by atoms with van der Waals surface area (Å²) in [5, 5.41) is 3.25. The highest BCUT2D eigenvalue weighted by atomic mass is 32.1.